The third-order valence-corrected chi connectivity index (χ3v) is 6.29. The van der Waals surface area contributed by atoms with Gasteiger partial charge < -0.3 is 9.73 Å². The fourth-order valence-electron chi connectivity index (χ4n) is 3.88. The van der Waals surface area contributed by atoms with Crippen LogP contribution in [0, 0.1) is 0 Å². The Morgan fingerprint density at radius 2 is 2.18 bits per heavy atom. The summed E-state index contributed by atoms with van der Waals surface area (Å²) in [5.41, 5.74) is 2.68. The number of hydrogen-bond donors (Lipinski definition) is 2. The van der Waals surface area contributed by atoms with E-state index in [1.807, 2.05) is 20.8 Å². The molecule has 9 nitrogen and oxygen atoms in total. The second-order valence-electron chi connectivity index (χ2n) is 8.27. The van der Waals surface area contributed by atoms with Gasteiger partial charge in [0.2, 0.25) is 11.8 Å². The number of urea groups is 1. The first-order valence-electron chi connectivity index (χ1n) is 9.36. The van der Waals surface area contributed by atoms with Crippen LogP contribution in [0.1, 0.15) is 33.0 Å². The number of hydrazine groups is 1. The highest BCUT2D eigenvalue weighted by atomic mass is 32.2. The first-order chi connectivity index (χ1) is 13.2. The van der Waals surface area contributed by atoms with Crippen molar-refractivity contribution in [3.63, 3.8) is 0 Å². The van der Waals surface area contributed by atoms with Crippen LogP contribution in [0.15, 0.2) is 22.8 Å². The molecule has 3 atom stereocenters. The number of carbonyl (C=O) groups is 3. The smallest absolute Gasteiger partial charge is 0.337 e. The molecule has 1 aromatic heterocycles. The fourth-order valence-corrected chi connectivity index (χ4v) is 5.28. The summed E-state index contributed by atoms with van der Waals surface area (Å²) in [4.78, 5) is 41.8. The van der Waals surface area contributed by atoms with Crippen molar-refractivity contribution in [2.45, 2.75) is 56.9 Å². The lowest BCUT2D eigenvalue weighted by atomic mass is 10.1. The van der Waals surface area contributed by atoms with Gasteiger partial charge in [-0.3, -0.25) is 19.4 Å². The summed E-state index contributed by atoms with van der Waals surface area (Å²) in [6.07, 6.45) is 1.71. The molecule has 2 N–H and O–H groups in total. The summed E-state index contributed by atoms with van der Waals surface area (Å²) in [6, 6.07) is 3.14. The number of nitrogens with one attached hydrogen (secondary N) is 2. The first kappa shape index (κ1) is 19.1. The Hall–Kier alpha value is -2.20. The number of furan rings is 1. The summed E-state index contributed by atoms with van der Waals surface area (Å²) >= 11 is 1.58. The minimum Gasteiger partial charge on any atom is -0.467 e. The molecule has 0 aromatic carbocycles. The molecule has 3 aliphatic rings. The summed E-state index contributed by atoms with van der Waals surface area (Å²) in [6.45, 7) is 5.81. The largest absolute Gasteiger partial charge is 0.467 e. The van der Waals surface area contributed by atoms with Crippen molar-refractivity contribution in [3.8, 4) is 0 Å². The van der Waals surface area contributed by atoms with Crippen LogP contribution in [0.25, 0.3) is 0 Å². The molecule has 0 spiro atoms. The molecule has 0 saturated carbocycles. The van der Waals surface area contributed by atoms with Crippen molar-refractivity contribution in [1.82, 2.24) is 25.6 Å². The number of rotatable bonds is 4. The lowest BCUT2D eigenvalue weighted by molar-refractivity contribution is -0.145. The van der Waals surface area contributed by atoms with Crippen molar-refractivity contribution in [1.29, 1.82) is 0 Å². The minimum atomic E-state index is -0.618. The quantitative estimate of drug-likeness (QED) is 0.771. The number of hydrogen-bond acceptors (Lipinski definition) is 6. The van der Waals surface area contributed by atoms with E-state index in [2.05, 4.69) is 10.7 Å². The predicted molar refractivity (Wildman–Crippen MR) is 103 cm³/mol. The Labute approximate surface area is 167 Å². The fraction of sp³-hybridized carbons (Fsp3) is 0.611. The van der Waals surface area contributed by atoms with Crippen molar-refractivity contribution >= 4 is 29.6 Å². The molecule has 4 amide bonds. The van der Waals surface area contributed by atoms with Crippen LogP contribution >= 0.6 is 11.8 Å². The van der Waals surface area contributed by atoms with Gasteiger partial charge in [-0.1, -0.05) is 0 Å². The Bertz CT molecular complexity index is 777. The zero-order valence-electron chi connectivity index (χ0n) is 16.2. The maximum Gasteiger partial charge on any atom is 0.337 e. The van der Waals surface area contributed by atoms with Crippen LogP contribution in [-0.2, 0) is 16.1 Å². The molecule has 4 heterocycles. The highest BCUT2D eigenvalue weighted by Gasteiger charge is 2.56. The molecule has 3 saturated heterocycles. The van der Waals surface area contributed by atoms with Crippen LogP contribution in [0.2, 0.25) is 0 Å². The van der Waals surface area contributed by atoms with E-state index in [4.69, 9.17) is 4.42 Å². The van der Waals surface area contributed by atoms with Crippen LogP contribution in [-0.4, -0.2) is 68.1 Å². The molecule has 3 aliphatic heterocycles. The van der Waals surface area contributed by atoms with E-state index in [-0.39, 0.29) is 47.8 Å². The zero-order chi connectivity index (χ0) is 20.1. The van der Waals surface area contributed by atoms with Gasteiger partial charge in [-0.15, -0.1) is 11.8 Å². The van der Waals surface area contributed by atoms with Crippen LogP contribution < -0.4 is 10.7 Å². The van der Waals surface area contributed by atoms with Gasteiger partial charge in [0.1, 0.15) is 17.6 Å². The SMILES string of the molecule is CC(C)(C)NC(=O)CN1NC2N(Cc3ccco3)C(=O)C3SCCC3N2C1=O. The molecule has 28 heavy (non-hydrogen) atoms. The Morgan fingerprint density at radius 1 is 1.39 bits per heavy atom. The average molecular weight is 407 g/mol. The van der Waals surface area contributed by atoms with Crippen molar-refractivity contribution in [2.75, 3.05) is 12.3 Å². The van der Waals surface area contributed by atoms with Crippen molar-refractivity contribution in [2.24, 2.45) is 0 Å². The van der Waals surface area contributed by atoms with Crippen LogP contribution in [0.3, 0.4) is 0 Å². The van der Waals surface area contributed by atoms with E-state index in [9.17, 15) is 14.4 Å². The molecule has 4 rings (SSSR count). The lowest BCUT2D eigenvalue weighted by Crippen LogP contribution is -2.65. The Balaban J connectivity index is 1.56. The molecule has 0 bridgehead atoms. The van der Waals surface area contributed by atoms with Crippen LogP contribution in [0.4, 0.5) is 4.79 Å². The normalized spacial score (nSPS) is 27.2. The molecule has 3 unspecified atom stereocenters. The van der Waals surface area contributed by atoms with E-state index in [1.54, 1.807) is 40.0 Å². The minimum absolute atomic E-state index is 0.00792. The summed E-state index contributed by atoms with van der Waals surface area (Å²) in [7, 11) is 0. The number of fused-ring (bicyclic) bond motifs is 3. The highest BCUT2D eigenvalue weighted by molar-refractivity contribution is 8.00. The van der Waals surface area contributed by atoms with Gasteiger partial charge in [0.15, 0.2) is 6.29 Å². The molecular formula is C18H25N5O4S. The van der Waals surface area contributed by atoms with Gasteiger partial charge >= 0.3 is 6.03 Å². The number of carbonyl (C=O) groups excluding carboxylic acids is 3. The highest BCUT2D eigenvalue weighted by Crippen LogP contribution is 2.39. The maximum atomic E-state index is 13.1. The van der Waals surface area contributed by atoms with E-state index in [0.29, 0.717) is 5.76 Å². The van der Waals surface area contributed by atoms with Gasteiger partial charge in [0.25, 0.3) is 0 Å². The number of amides is 4. The molecule has 1 aromatic rings. The number of nitrogens with zero attached hydrogens (tertiary/aromatic N) is 3. The van der Waals surface area contributed by atoms with Crippen molar-refractivity contribution in [3.05, 3.63) is 24.2 Å². The topological polar surface area (TPSA) is 98.1 Å². The Kier molecular flexibility index (Phi) is 4.78. The lowest BCUT2D eigenvalue weighted by Gasteiger charge is -2.43. The van der Waals surface area contributed by atoms with Crippen molar-refractivity contribution < 1.29 is 18.8 Å². The van der Waals surface area contributed by atoms with E-state index < -0.39 is 6.29 Å². The van der Waals surface area contributed by atoms with Crippen LogP contribution in [0.5, 0.6) is 0 Å². The van der Waals surface area contributed by atoms with E-state index in [1.165, 1.54) is 5.01 Å². The van der Waals surface area contributed by atoms with E-state index >= 15 is 0 Å². The Morgan fingerprint density at radius 3 is 2.86 bits per heavy atom. The van der Waals surface area contributed by atoms with Gasteiger partial charge in [0.05, 0.1) is 18.8 Å². The van der Waals surface area contributed by atoms with Gasteiger partial charge in [-0.25, -0.2) is 9.80 Å². The standard InChI is InChI=1S/C18H25N5O4S/c1-18(2,3)19-13(24)10-22-17(26)23-12-6-8-28-14(12)15(25)21(16(23)20-22)9-11-5-4-7-27-11/h4-5,7,12,14,16,20H,6,8-10H2,1-3H3,(H,19,24). The summed E-state index contributed by atoms with van der Waals surface area (Å²) in [5.74, 6) is 1.21. The second-order valence-corrected chi connectivity index (χ2v) is 9.52. The maximum absolute atomic E-state index is 13.1. The second kappa shape index (κ2) is 7.00. The third kappa shape index (κ3) is 3.46. The first-order valence-corrected chi connectivity index (χ1v) is 10.4. The average Bonchev–Trinajstić information content (AvgIpc) is 3.31. The van der Waals surface area contributed by atoms with Gasteiger partial charge in [-0.05, 0) is 45.1 Å². The monoisotopic (exact) mass is 407 g/mol. The molecule has 10 heteroatoms. The van der Waals surface area contributed by atoms with Gasteiger partial charge in [-0.2, -0.15) is 5.43 Å². The van der Waals surface area contributed by atoms with Gasteiger partial charge in [0, 0.05) is 5.54 Å². The zero-order valence-corrected chi connectivity index (χ0v) is 17.0. The molecule has 152 valence electrons. The molecular weight excluding hydrogens is 382 g/mol. The predicted octanol–water partition coefficient (Wildman–Crippen LogP) is 0.936. The molecule has 0 aliphatic carbocycles. The molecule has 3 fully saturated rings. The number of thioether (sulfide) groups is 1. The third-order valence-electron chi connectivity index (χ3n) is 4.95. The molecule has 0 radical (unpaired) electrons. The summed E-state index contributed by atoms with van der Waals surface area (Å²) in [5, 5.41) is 3.89. The van der Waals surface area contributed by atoms with E-state index in [0.717, 1.165) is 12.2 Å². The summed E-state index contributed by atoms with van der Waals surface area (Å²) < 4.78 is 5.41.